The average Bonchev–Trinajstić information content (AvgIpc) is 2.68. The van der Waals surface area contributed by atoms with Gasteiger partial charge in [0, 0.05) is 21.3 Å². The molecule has 0 aliphatic heterocycles. The van der Waals surface area contributed by atoms with Crippen LogP contribution in [-0.4, -0.2) is 20.0 Å². The van der Waals surface area contributed by atoms with Crippen molar-refractivity contribution in [1.82, 2.24) is 0 Å². The molecule has 1 aliphatic rings. The maximum Gasteiger partial charge on any atom is 0.136 e. The predicted molar refractivity (Wildman–Crippen MR) is 117 cm³/mol. The first-order valence-corrected chi connectivity index (χ1v) is 10.7. The zero-order valence-electron chi connectivity index (χ0n) is 16.1. The van der Waals surface area contributed by atoms with Gasteiger partial charge in [-0.25, -0.2) is 0 Å². The normalized spacial score (nSPS) is 16.3. The second kappa shape index (κ2) is 10.9. The third kappa shape index (κ3) is 6.65. The van der Waals surface area contributed by atoms with E-state index in [2.05, 4.69) is 31.9 Å². The molecule has 0 spiro atoms. The molecule has 3 rings (SSSR count). The van der Waals surface area contributed by atoms with E-state index in [1.54, 1.807) is 14.2 Å². The molecule has 27 heavy (non-hydrogen) atoms. The third-order valence-corrected chi connectivity index (χ3v) is 6.43. The van der Waals surface area contributed by atoms with Crippen molar-refractivity contribution in [3.63, 3.8) is 0 Å². The molecule has 5 heteroatoms. The summed E-state index contributed by atoms with van der Waals surface area (Å²) in [5.41, 5.74) is 2.36. The van der Waals surface area contributed by atoms with Crippen LogP contribution in [0, 0.1) is 12.8 Å². The van der Waals surface area contributed by atoms with Crippen LogP contribution in [0.2, 0.25) is 0 Å². The topological polar surface area (TPSA) is 35.5 Å². The Kier molecular flexibility index (Phi) is 8.84. The third-order valence-electron chi connectivity index (χ3n) is 4.77. The van der Waals surface area contributed by atoms with Gasteiger partial charge >= 0.3 is 0 Å². The SMILES string of the molecule is COc1ccc(Br)c(C)c1.COc1ccc(Br)c(CC2CCCCC2=O)c1. The molecular formula is C22H26Br2O3. The zero-order chi connectivity index (χ0) is 19.8. The highest BCUT2D eigenvalue weighted by Crippen LogP contribution is 2.29. The van der Waals surface area contributed by atoms with E-state index < -0.39 is 0 Å². The van der Waals surface area contributed by atoms with Crippen molar-refractivity contribution in [1.29, 1.82) is 0 Å². The van der Waals surface area contributed by atoms with Crippen LogP contribution in [0.25, 0.3) is 0 Å². The van der Waals surface area contributed by atoms with E-state index in [0.29, 0.717) is 5.78 Å². The van der Waals surface area contributed by atoms with Crippen molar-refractivity contribution in [2.24, 2.45) is 5.92 Å². The lowest BCUT2D eigenvalue weighted by Crippen LogP contribution is -2.21. The summed E-state index contributed by atoms with van der Waals surface area (Å²) in [5.74, 6) is 2.38. The monoisotopic (exact) mass is 496 g/mol. The van der Waals surface area contributed by atoms with Gasteiger partial charge in [0.2, 0.25) is 0 Å². The number of carbonyl (C=O) groups is 1. The number of carbonyl (C=O) groups excluding carboxylic acids is 1. The number of aryl methyl sites for hydroxylation is 1. The number of ketones is 1. The summed E-state index contributed by atoms with van der Waals surface area (Å²) < 4.78 is 12.4. The van der Waals surface area contributed by atoms with Crippen molar-refractivity contribution in [2.45, 2.75) is 39.0 Å². The molecule has 0 heterocycles. The minimum Gasteiger partial charge on any atom is -0.497 e. The Bertz CT molecular complexity index is 774. The van der Waals surface area contributed by atoms with Crippen molar-refractivity contribution < 1.29 is 14.3 Å². The van der Waals surface area contributed by atoms with E-state index in [1.165, 1.54) is 17.5 Å². The van der Waals surface area contributed by atoms with Gasteiger partial charge in [-0.15, -0.1) is 0 Å². The summed E-state index contributed by atoms with van der Waals surface area (Å²) in [6, 6.07) is 11.8. The molecule has 0 amide bonds. The summed E-state index contributed by atoms with van der Waals surface area (Å²) in [7, 11) is 3.33. The molecule has 0 bridgehead atoms. The number of rotatable bonds is 4. The van der Waals surface area contributed by atoms with Gasteiger partial charge in [-0.05, 0) is 73.7 Å². The highest BCUT2D eigenvalue weighted by Gasteiger charge is 2.23. The first-order valence-electron chi connectivity index (χ1n) is 9.10. The van der Waals surface area contributed by atoms with Crippen LogP contribution in [0.5, 0.6) is 11.5 Å². The average molecular weight is 498 g/mol. The standard InChI is InChI=1S/C14H17BrO2.C8H9BrO/c1-17-12-6-7-13(15)11(9-12)8-10-4-2-3-5-14(10)16;1-6-5-7(10-2)3-4-8(6)9/h6-7,9-10H,2-5,8H2,1H3;3-5H,1-2H3. The first kappa shape index (κ1) is 22.0. The summed E-state index contributed by atoms with van der Waals surface area (Å²) in [6.07, 6.45) is 4.86. The van der Waals surface area contributed by atoms with Crippen LogP contribution >= 0.6 is 31.9 Å². The number of hydrogen-bond donors (Lipinski definition) is 0. The van der Waals surface area contributed by atoms with Crippen molar-refractivity contribution in [2.75, 3.05) is 14.2 Å². The molecule has 2 aromatic carbocycles. The second-order valence-corrected chi connectivity index (χ2v) is 8.39. The largest absolute Gasteiger partial charge is 0.497 e. The fraction of sp³-hybridized carbons (Fsp3) is 0.409. The number of halogens is 2. The van der Waals surface area contributed by atoms with Crippen LogP contribution in [-0.2, 0) is 11.2 Å². The number of benzene rings is 2. The lowest BCUT2D eigenvalue weighted by atomic mass is 9.84. The summed E-state index contributed by atoms with van der Waals surface area (Å²) in [4.78, 5) is 11.8. The highest BCUT2D eigenvalue weighted by molar-refractivity contribution is 9.10. The molecule has 146 valence electrons. The van der Waals surface area contributed by atoms with Crippen LogP contribution in [0.1, 0.15) is 36.8 Å². The Balaban J connectivity index is 0.000000223. The van der Waals surface area contributed by atoms with E-state index in [9.17, 15) is 4.79 Å². The van der Waals surface area contributed by atoms with E-state index >= 15 is 0 Å². The molecule has 3 nitrogen and oxygen atoms in total. The Morgan fingerprint density at radius 1 is 0.963 bits per heavy atom. The van der Waals surface area contributed by atoms with Crippen molar-refractivity contribution in [3.8, 4) is 11.5 Å². The number of methoxy groups -OCH3 is 2. The maximum atomic E-state index is 11.8. The minimum absolute atomic E-state index is 0.201. The fourth-order valence-electron chi connectivity index (χ4n) is 3.12. The van der Waals surface area contributed by atoms with Gasteiger partial charge in [0.05, 0.1) is 14.2 Å². The molecule has 1 fully saturated rings. The van der Waals surface area contributed by atoms with Gasteiger partial charge in [-0.2, -0.15) is 0 Å². The Labute approximate surface area is 178 Å². The van der Waals surface area contributed by atoms with Crippen LogP contribution in [0.4, 0.5) is 0 Å². The van der Waals surface area contributed by atoms with E-state index in [4.69, 9.17) is 9.47 Å². The fourth-order valence-corrected chi connectivity index (χ4v) is 3.77. The van der Waals surface area contributed by atoms with Gasteiger partial charge in [0.15, 0.2) is 0 Å². The van der Waals surface area contributed by atoms with Crippen molar-refractivity contribution >= 4 is 37.6 Å². The predicted octanol–water partition coefficient (Wildman–Crippen LogP) is 6.53. The minimum atomic E-state index is 0.201. The molecule has 1 saturated carbocycles. The highest BCUT2D eigenvalue weighted by atomic mass is 79.9. The van der Waals surface area contributed by atoms with Gasteiger partial charge < -0.3 is 9.47 Å². The summed E-state index contributed by atoms with van der Waals surface area (Å²) in [5, 5.41) is 0. The molecule has 0 N–H and O–H groups in total. The van der Waals surface area contributed by atoms with E-state index in [1.807, 2.05) is 43.3 Å². The molecule has 1 atom stereocenters. The smallest absolute Gasteiger partial charge is 0.136 e. The first-order chi connectivity index (χ1) is 12.9. The Morgan fingerprint density at radius 3 is 2.19 bits per heavy atom. The summed E-state index contributed by atoms with van der Waals surface area (Å²) >= 11 is 6.94. The van der Waals surface area contributed by atoms with Crippen molar-refractivity contribution in [3.05, 3.63) is 56.5 Å². The van der Waals surface area contributed by atoms with Gasteiger partial charge in [-0.3, -0.25) is 4.79 Å². The van der Waals surface area contributed by atoms with E-state index in [0.717, 1.165) is 46.1 Å². The lowest BCUT2D eigenvalue weighted by molar-refractivity contribution is -0.124. The zero-order valence-corrected chi connectivity index (χ0v) is 19.2. The number of hydrogen-bond acceptors (Lipinski definition) is 3. The second-order valence-electron chi connectivity index (χ2n) is 6.69. The number of ether oxygens (including phenoxy) is 2. The summed E-state index contributed by atoms with van der Waals surface area (Å²) in [6.45, 7) is 2.03. The molecule has 1 unspecified atom stereocenters. The molecule has 0 aromatic heterocycles. The quantitative estimate of drug-likeness (QED) is 0.481. The molecule has 1 aliphatic carbocycles. The lowest BCUT2D eigenvalue weighted by Gasteiger charge is -2.21. The van der Waals surface area contributed by atoms with Crippen LogP contribution in [0.15, 0.2) is 45.3 Å². The van der Waals surface area contributed by atoms with Gasteiger partial charge in [-0.1, -0.05) is 38.3 Å². The van der Waals surface area contributed by atoms with Crippen LogP contribution < -0.4 is 9.47 Å². The Morgan fingerprint density at radius 2 is 1.59 bits per heavy atom. The molecular weight excluding hydrogens is 472 g/mol. The number of Topliss-reactive ketones (excluding diaryl/α,β-unsaturated/α-hetero) is 1. The van der Waals surface area contributed by atoms with Gasteiger partial charge in [0.25, 0.3) is 0 Å². The Hall–Kier alpha value is -1.33. The van der Waals surface area contributed by atoms with E-state index in [-0.39, 0.29) is 5.92 Å². The van der Waals surface area contributed by atoms with Gasteiger partial charge in [0.1, 0.15) is 17.3 Å². The molecule has 0 radical (unpaired) electrons. The maximum absolute atomic E-state index is 11.8. The molecule has 2 aromatic rings. The van der Waals surface area contributed by atoms with Crippen LogP contribution in [0.3, 0.4) is 0 Å². The molecule has 0 saturated heterocycles.